The van der Waals surface area contributed by atoms with Gasteiger partial charge in [0.25, 0.3) is 0 Å². The van der Waals surface area contributed by atoms with Gasteiger partial charge in [0.05, 0.1) is 11.5 Å². The summed E-state index contributed by atoms with van der Waals surface area (Å²) in [6.45, 7) is 3.14. The second kappa shape index (κ2) is 5.33. The fourth-order valence-corrected chi connectivity index (χ4v) is 0.811. The molecule has 0 aliphatic rings. The maximum absolute atomic E-state index is 11.8. The van der Waals surface area contributed by atoms with Gasteiger partial charge < -0.3 is 10.4 Å². The Bertz CT molecular complexity index is 232. The monoisotopic (exact) mass is 224 g/mol. The topological polar surface area (TPSA) is 56.0 Å². The lowest BCUT2D eigenvalue weighted by molar-refractivity contribution is -0.201. The first-order valence-electron chi connectivity index (χ1n) is 4.56. The zero-order chi connectivity index (χ0) is 12.1. The van der Waals surface area contributed by atoms with Crippen LogP contribution in [0.25, 0.3) is 0 Å². The van der Waals surface area contributed by atoms with Gasteiger partial charge in [-0.25, -0.2) is 0 Å². The highest BCUT2D eigenvalue weighted by molar-refractivity contribution is 4.91. The molecule has 2 N–H and O–H groups in total. The summed E-state index contributed by atoms with van der Waals surface area (Å²) in [5.41, 5.74) is -0.559. The molecular formula is C9H15F3N2O. The summed E-state index contributed by atoms with van der Waals surface area (Å²) in [4.78, 5) is 0. The summed E-state index contributed by atoms with van der Waals surface area (Å²) in [6, 6.07) is 2.03. The van der Waals surface area contributed by atoms with Crippen LogP contribution in [0.5, 0.6) is 0 Å². The Labute approximate surface area is 86.9 Å². The van der Waals surface area contributed by atoms with Gasteiger partial charge in [0.1, 0.15) is 0 Å². The summed E-state index contributed by atoms with van der Waals surface area (Å²) in [6.07, 6.45) is -6.49. The third-order valence-corrected chi connectivity index (χ3v) is 1.94. The van der Waals surface area contributed by atoms with E-state index in [4.69, 9.17) is 10.4 Å². The smallest absolute Gasteiger partial charge is 0.382 e. The SMILES string of the molecule is CC(C)(C#N)CCNCC(O)C(F)(F)F. The molecule has 0 amide bonds. The number of nitrogens with zero attached hydrogens (tertiary/aromatic N) is 1. The summed E-state index contributed by atoms with van der Waals surface area (Å²) in [5.74, 6) is 0. The van der Waals surface area contributed by atoms with E-state index in [1.165, 1.54) is 0 Å². The van der Waals surface area contributed by atoms with Crippen LogP contribution in [0.1, 0.15) is 20.3 Å². The van der Waals surface area contributed by atoms with E-state index in [2.05, 4.69) is 5.32 Å². The Hall–Kier alpha value is -0.800. The van der Waals surface area contributed by atoms with Crippen LogP contribution in [0, 0.1) is 16.7 Å². The molecule has 0 spiro atoms. The predicted octanol–water partition coefficient (Wildman–Crippen LogP) is 1.44. The highest BCUT2D eigenvalue weighted by Gasteiger charge is 2.37. The van der Waals surface area contributed by atoms with Crippen molar-refractivity contribution in [3.8, 4) is 6.07 Å². The number of aliphatic hydroxyl groups excluding tert-OH is 1. The predicted molar refractivity (Wildman–Crippen MR) is 48.9 cm³/mol. The van der Waals surface area contributed by atoms with Crippen molar-refractivity contribution >= 4 is 0 Å². The molecule has 88 valence electrons. The van der Waals surface area contributed by atoms with Crippen LogP contribution in [-0.4, -0.2) is 30.5 Å². The van der Waals surface area contributed by atoms with Gasteiger partial charge in [-0.2, -0.15) is 18.4 Å². The molecule has 0 saturated carbocycles. The van der Waals surface area contributed by atoms with E-state index in [1.807, 2.05) is 6.07 Å². The van der Waals surface area contributed by atoms with Gasteiger partial charge in [0, 0.05) is 6.54 Å². The maximum Gasteiger partial charge on any atom is 0.415 e. The quantitative estimate of drug-likeness (QED) is 0.695. The van der Waals surface area contributed by atoms with Gasteiger partial charge >= 0.3 is 6.18 Å². The van der Waals surface area contributed by atoms with Crippen LogP contribution in [-0.2, 0) is 0 Å². The standard InChI is InChI=1S/C9H15F3N2O/c1-8(2,6-13)3-4-14-5-7(15)9(10,11)12/h7,14-15H,3-5H2,1-2H3. The first-order chi connectivity index (χ1) is 6.69. The summed E-state index contributed by atoms with van der Waals surface area (Å²) >= 11 is 0. The van der Waals surface area contributed by atoms with Gasteiger partial charge in [-0.1, -0.05) is 0 Å². The summed E-state index contributed by atoms with van der Waals surface area (Å²) < 4.78 is 35.5. The fourth-order valence-electron chi connectivity index (χ4n) is 0.811. The molecule has 0 heterocycles. The Morgan fingerprint density at radius 1 is 1.40 bits per heavy atom. The number of hydrogen-bond acceptors (Lipinski definition) is 3. The van der Waals surface area contributed by atoms with Gasteiger partial charge in [-0.3, -0.25) is 0 Å². The lowest BCUT2D eigenvalue weighted by atomic mass is 9.91. The molecule has 3 nitrogen and oxygen atoms in total. The summed E-state index contributed by atoms with van der Waals surface area (Å²) in [7, 11) is 0. The number of hydrogen-bond donors (Lipinski definition) is 2. The first kappa shape index (κ1) is 14.2. The average Bonchev–Trinajstić information content (AvgIpc) is 2.10. The number of nitriles is 1. The normalized spacial score (nSPS) is 14.7. The van der Waals surface area contributed by atoms with Gasteiger partial charge in [-0.05, 0) is 26.8 Å². The second-order valence-corrected chi connectivity index (χ2v) is 4.01. The third-order valence-electron chi connectivity index (χ3n) is 1.94. The van der Waals surface area contributed by atoms with Crippen molar-refractivity contribution in [3.05, 3.63) is 0 Å². The molecule has 0 radical (unpaired) electrons. The number of nitrogens with one attached hydrogen (secondary N) is 1. The van der Waals surface area contributed by atoms with Crippen molar-refractivity contribution < 1.29 is 18.3 Å². The van der Waals surface area contributed by atoms with E-state index in [9.17, 15) is 13.2 Å². The lowest BCUT2D eigenvalue weighted by Gasteiger charge is -2.18. The minimum Gasteiger partial charge on any atom is -0.382 e. The highest BCUT2D eigenvalue weighted by atomic mass is 19.4. The minimum absolute atomic E-state index is 0.272. The molecule has 0 bridgehead atoms. The van der Waals surface area contributed by atoms with Crippen LogP contribution in [0.4, 0.5) is 13.2 Å². The molecule has 0 rings (SSSR count). The average molecular weight is 224 g/mol. The first-order valence-corrected chi connectivity index (χ1v) is 4.56. The maximum atomic E-state index is 11.8. The van der Waals surface area contributed by atoms with Crippen LogP contribution >= 0.6 is 0 Å². The van der Waals surface area contributed by atoms with Crippen molar-refractivity contribution in [2.24, 2.45) is 5.41 Å². The molecule has 1 unspecified atom stereocenters. The van der Waals surface area contributed by atoms with Crippen molar-refractivity contribution in [1.29, 1.82) is 5.26 Å². The molecule has 0 aromatic rings. The molecule has 0 aliphatic carbocycles. The van der Waals surface area contributed by atoms with Crippen LogP contribution < -0.4 is 5.32 Å². The number of halogens is 3. The Morgan fingerprint density at radius 3 is 2.33 bits per heavy atom. The number of aliphatic hydroxyl groups is 1. The number of alkyl halides is 3. The molecule has 0 saturated heterocycles. The van der Waals surface area contributed by atoms with E-state index in [-0.39, 0.29) is 6.54 Å². The van der Waals surface area contributed by atoms with Crippen molar-refractivity contribution in [3.63, 3.8) is 0 Å². The molecular weight excluding hydrogens is 209 g/mol. The van der Waals surface area contributed by atoms with Crippen LogP contribution in [0.2, 0.25) is 0 Å². The zero-order valence-electron chi connectivity index (χ0n) is 8.73. The van der Waals surface area contributed by atoms with Crippen molar-refractivity contribution in [2.75, 3.05) is 13.1 Å². The van der Waals surface area contributed by atoms with Crippen molar-refractivity contribution in [2.45, 2.75) is 32.5 Å². The fraction of sp³-hybridized carbons (Fsp3) is 0.889. The second-order valence-electron chi connectivity index (χ2n) is 4.01. The zero-order valence-corrected chi connectivity index (χ0v) is 8.73. The van der Waals surface area contributed by atoms with E-state index >= 15 is 0 Å². The number of rotatable bonds is 5. The molecule has 0 aromatic heterocycles. The van der Waals surface area contributed by atoms with Crippen molar-refractivity contribution in [1.82, 2.24) is 5.32 Å². The molecule has 0 fully saturated rings. The Kier molecular flexibility index (Phi) is 5.05. The molecule has 15 heavy (non-hydrogen) atoms. The summed E-state index contributed by atoms with van der Waals surface area (Å²) in [5, 5.41) is 19.7. The molecule has 6 heteroatoms. The van der Waals surface area contributed by atoms with Gasteiger partial charge in [0.2, 0.25) is 0 Å². The molecule has 1 atom stereocenters. The lowest BCUT2D eigenvalue weighted by Crippen LogP contribution is -2.39. The minimum atomic E-state index is -4.59. The van der Waals surface area contributed by atoms with Gasteiger partial charge in [-0.15, -0.1) is 0 Å². The molecule has 0 aromatic carbocycles. The van der Waals surface area contributed by atoms with Crippen LogP contribution in [0.15, 0.2) is 0 Å². The van der Waals surface area contributed by atoms with E-state index in [0.717, 1.165) is 0 Å². The largest absolute Gasteiger partial charge is 0.415 e. The highest BCUT2D eigenvalue weighted by Crippen LogP contribution is 2.20. The van der Waals surface area contributed by atoms with E-state index < -0.39 is 24.2 Å². The Balaban J connectivity index is 3.70. The van der Waals surface area contributed by atoms with E-state index in [1.54, 1.807) is 13.8 Å². The van der Waals surface area contributed by atoms with Crippen LogP contribution in [0.3, 0.4) is 0 Å². The third kappa shape index (κ3) is 6.31. The van der Waals surface area contributed by atoms with E-state index in [0.29, 0.717) is 6.42 Å². The molecule has 0 aliphatic heterocycles. The Morgan fingerprint density at radius 2 is 1.93 bits per heavy atom. The van der Waals surface area contributed by atoms with Gasteiger partial charge in [0.15, 0.2) is 6.10 Å².